The Labute approximate surface area is 167 Å². The van der Waals surface area contributed by atoms with Crippen LogP contribution in [0.15, 0.2) is 24.3 Å². The molecule has 0 unspecified atom stereocenters. The Bertz CT molecular complexity index is 831. The van der Waals surface area contributed by atoms with Crippen LogP contribution in [0.1, 0.15) is 54.4 Å². The lowest BCUT2D eigenvalue weighted by atomic mass is 10.1. The quantitative estimate of drug-likeness (QED) is 0.826. The van der Waals surface area contributed by atoms with E-state index in [1.54, 1.807) is 12.0 Å². The van der Waals surface area contributed by atoms with Gasteiger partial charge in [-0.2, -0.15) is 5.10 Å². The number of aromatic nitrogens is 2. The Morgan fingerprint density at radius 2 is 1.86 bits per heavy atom. The summed E-state index contributed by atoms with van der Waals surface area (Å²) in [7, 11) is 1.67. The maximum atomic E-state index is 13.5. The summed E-state index contributed by atoms with van der Waals surface area (Å²) >= 11 is 0. The first kappa shape index (κ1) is 19.0. The molecule has 1 amide bonds. The van der Waals surface area contributed by atoms with E-state index in [1.165, 1.54) is 0 Å². The maximum Gasteiger partial charge on any atom is 0.258 e. The van der Waals surface area contributed by atoms with Gasteiger partial charge in [0, 0.05) is 5.92 Å². The van der Waals surface area contributed by atoms with Crippen LogP contribution in [0.2, 0.25) is 0 Å². The molecule has 0 radical (unpaired) electrons. The molecule has 150 valence electrons. The predicted octanol–water partition coefficient (Wildman–Crippen LogP) is 1.68. The Morgan fingerprint density at radius 3 is 2.39 bits per heavy atom. The molecule has 1 aliphatic carbocycles. The molecular formula is C22H31N4O2+. The highest BCUT2D eigenvalue weighted by atomic mass is 16.5. The maximum absolute atomic E-state index is 13.5. The van der Waals surface area contributed by atoms with Gasteiger partial charge in [0.2, 0.25) is 0 Å². The Morgan fingerprint density at radius 1 is 1.18 bits per heavy atom. The molecule has 28 heavy (non-hydrogen) atoms. The highest BCUT2D eigenvalue weighted by Crippen LogP contribution is 2.42. The van der Waals surface area contributed by atoms with Crippen LogP contribution < -0.4 is 9.64 Å². The van der Waals surface area contributed by atoms with E-state index in [0.29, 0.717) is 5.92 Å². The van der Waals surface area contributed by atoms with Crippen LogP contribution in [-0.2, 0) is 6.42 Å². The fourth-order valence-corrected chi connectivity index (χ4v) is 4.15. The van der Waals surface area contributed by atoms with E-state index >= 15 is 0 Å². The largest absolute Gasteiger partial charge is 0.497 e. The molecule has 2 heterocycles. The molecule has 0 bridgehead atoms. The molecule has 1 N–H and O–H groups in total. The van der Waals surface area contributed by atoms with Crippen molar-refractivity contribution in [2.45, 2.75) is 39.0 Å². The minimum Gasteiger partial charge on any atom is -0.497 e. The third-order valence-electron chi connectivity index (χ3n) is 6.10. The van der Waals surface area contributed by atoms with Crippen LogP contribution in [0.5, 0.6) is 5.75 Å². The first-order valence-electron chi connectivity index (χ1n) is 10.5. The molecule has 1 saturated carbocycles. The van der Waals surface area contributed by atoms with Crippen molar-refractivity contribution >= 4 is 5.91 Å². The molecule has 0 spiro atoms. The van der Waals surface area contributed by atoms with Crippen LogP contribution in [0.4, 0.5) is 0 Å². The van der Waals surface area contributed by atoms with E-state index in [-0.39, 0.29) is 5.91 Å². The second kappa shape index (κ2) is 7.95. The summed E-state index contributed by atoms with van der Waals surface area (Å²) in [5, 5.41) is 4.94. The van der Waals surface area contributed by atoms with Gasteiger partial charge in [-0.25, -0.2) is 4.68 Å². The summed E-state index contributed by atoms with van der Waals surface area (Å²) in [6.45, 7) is 9.21. The second-order valence-corrected chi connectivity index (χ2v) is 7.84. The van der Waals surface area contributed by atoms with Crippen molar-refractivity contribution in [1.82, 2.24) is 14.7 Å². The number of hydrogen-bond donors (Lipinski definition) is 1. The first-order valence-corrected chi connectivity index (χ1v) is 10.5. The minimum absolute atomic E-state index is 0.175. The van der Waals surface area contributed by atoms with Crippen LogP contribution in [0, 0.1) is 0 Å². The van der Waals surface area contributed by atoms with Gasteiger partial charge in [-0.1, -0.05) is 6.92 Å². The zero-order valence-electron chi connectivity index (χ0n) is 17.2. The standard InChI is InChI=1S/C22H30N4O2/c1-4-19-20(22(27)25-14-12-24(5-2)13-15-25)21(16-6-7-16)23-26(19)17-8-10-18(28-3)11-9-17/h8-11,16H,4-7,12-15H2,1-3H3/p+1. The third-order valence-corrected chi connectivity index (χ3v) is 6.10. The van der Waals surface area contributed by atoms with Crippen molar-refractivity contribution in [3.8, 4) is 11.4 Å². The van der Waals surface area contributed by atoms with Crippen molar-refractivity contribution in [2.75, 3.05) is 39.8 Å². The van der Waals surface area contributed by atoms with Crippen molar-refractivity contribution < 1.29 is 14.4 Å². The highest BCUT2D eigenvalue weighted by molar-refractivity contribution is 5.97. The molecule has 1 aliphatic heterocycles. The van der Waals surface area contributed by atoms with Gasteiger partial charge in [0.15, 0.2) is 0 Å². The van der Waals surface area contributed by atoms with Gasteiger partial charge >= 0.3 is 0 Å². The molecule has 2 fully saturated rings. The lowest BCUT2D eigenvalue weighted by Crippen LogP contribution is -3.14. The average molecular weight is 384 g/mol. The molecule has 1 saturated heterocycles. The van der Waals surface area contributed by atoms with Gasteiger partial charge in [0.1, 0.15) is 5.75 Å². The molecular weight excluding hydrogens is 352 g/mol. The number of nitrogens with zero attached hydrogens (tertiary/aromatic N) is 3. The number of quaternary nitrogens is 1. The third kappa shape index (κ3) is 3.53. The van der Waals surface area contributed by atoms with Crippen LogP contribution >= 0.6 is 0 Å². The lowest BCUT2D eigenvalue weighted by molar-refractivity contribution is -0.902. The number of likely N-dealkylation sites (N-methyl/N-ethyl adjacent to an activating group) is 1. The second-order valence-electron chi connectivity index (χ2n) is 7.84. The number of benzene rings is 1. The molecule has 2 aromatic rings. The summed E-state index contributed by atoms with van der Waals surface area (Å²) in [5.74, 6) is 1.43. The van der Waals surface area contributed by atoms with E-state index < -0.39 is 0 Å². The Kier molecular flexibility index (Phi) is 5.40. The van der Waals surface area contributed by atoms with Gasteiger partial charge in [-0.15, -0.1) is 0 Å². The summed E-state index contributed by atoms with van der Waals surface area (Å²) in [5.41, 5.74) is 3.88. The monoisotopic (exact) mass is 383 g/mol. The smallest absolute Gasteiger partial charge is 0.258 e. The number of carbonyl (C=O) groups is 1. The predicted molar refractivity (Wildman–Crippen MR) is 109 cm³/mol. The van der Waals surface area contributed by atoms with Crippen LogP contribution in [0.3, 0.4) is 0 Å². The topological polar surface area (TPSA) is 51.8 Å². The number of piperazine rings is 1. The average Bonchev–Trinajstić information content (AvgIpc) is 3.53. The fourth-order valence-electron chi connectivity index (χ4n) is 4.15. The van der Waals surface area contributed by atoms with Gasteiger partial charge in [-0.05, 0) is 50.5 Å². The highest BCUT2D eigenvalue weighted by Gasteiger charge is 2.36. The van der Waals surface area contributed by atoms with Crippen molar-refractivity contribution in [3.63, 3.8) is 0 Å². The van der Waals surface area contributed by atoms with Crippen molar-refractivity contribution in [3.05, 3.63) is 41.2 Å². The molecule has 1 aromatic heterocycles. The summed E-state index contributed by atoms with van der Waals surface area (Å²) in [6.07, 6.45) is 3.06. The normalized spacial score (nSPS) is 17.8. The van der Waals surface area contributed by atoms with E-state index in [1.807, 2.05) is 33.8 Å². The number of amides is 1. The van der Waals surface area contributed by atoms with Gasteiger partial charge < -0.3 is 14.5 Å². The Balaban J connectivity index is 1.69. The van der Waals surface area contributed by atoms with E-state index in [9.17, 15) is 4.79 Å². The summed E-state index contributed by atoms with van der Waals surface area (Å²) in [6, 6.07) is 7.92. The Hall–Kier alpha value is -2.34. The number of carbonyl (C=O) groups excluding carboxylic acids is 1. The van der Waals surface area contributed by atoms with Gasteiger partial charge in [-0.3, -0.25) is 4.79 Å². The zero-order chi connectivity index (χ0) is 19.7. The van der Waals surface area contributed by atoms with Crippen LogP contribution in [-0.4, -0.2) is 60.4 Å². The minimum atomic E-state index is 0.175. The first-order chi connectivity index (χ1) is 13.7. The van der Waals surface area contributed by atoms with Gasteiger partial charge in [0.05, 0.1) is 62.5 Å². The van der Waals surface area contributed by atoms with Gasteiger partial charge in [0.25, 0.3) is 5.91 Å². The number of hydrogen-bond acceptors (Lipinski definition) is 3. The number of methoxy groups -OCH3 is 1. The zero-order valence-corrected chi connectivity index (χ0v) is 17.2. The molecule has 4 rings (SSSR count). The molecule has 6 nitrogen and oxygen atoms in total. The SMILES string of the molecule is CCc1c(C(=O)N2CC[NH+](CC)CC2)c(C2CC2)nn1-c1ccc(OC)cc1. The molecule has 1 aromatic carbocycles. The number of nitrogens with one attached hydrogen (secondary N) is 1. The van der Waals surface area contributed by atoms with E-state index in [0.717, 1.165) is 80.4 Å². The molecule has 2 aliphatic rings. The molecule has 6 heteroatoms. The van der Waals surface area contributed by atoms with E-state index in [2.05, 4.69) is 13.8 Å². The van der Waals surface area contributed by atoms with Crippen LogP contribution in [0.25, 0.3) is 5.69 Å². The van der Waals surface area contributed by atoms with Crippen molar-refractivity contribution in [1.29, 1.82) is 0 Å². The number of rotatable bonds is 6. The van der Waals surface area contributed by atoms with E-state index in [4.69, 9.17) is 9.84 Å². The lowest BCUT2D eigenvalue weighted by Gasteiger charge is -2.31. The summed E-state index contributed by atoms with van der Waals surface area (Å²) in [4.78, 5) is 17.1. The van der Waals surface area contributed by atoms with Crippen molar-refractivity contribution in [2.24, 2.45) is 0 Å². The fraction of sp³-hybridized carbons (Fsp3) is 0.545. The number of ether oxygens (including phenoxy) is 1. The molecule has 0 atom stereocenters. The summed E-state index contributed by atoms with van der Waals surface area (Å²) < 4.78 is 7.26.